The molecule has 0 aromatic heterocycles. The van der Waals surface area contributed by atoms with E-state index in [4.69, 9.17) is 30.5 Å². The van der Waals surface area contributed by atoms with E-state index in [2.05, 4.69) is 0 Å². The molecule has 1 spiro atoms. The van der Waals surface area contributed by atoms with Crippen LogP contribution in [0.1, 0.15) is 23.7 Å². The van der Waals surface area contributed by atoms with Gasteiger partial charge >= 0.3 is 0 Å². The smallest absolute Gasteiger partial charge is 0.231 e. The molecule has 0 saturated heterocycles. The van der Waals surface area contributed by atoms with Crippen LogP contribution in [0.25, 0.3) is 0 Å². The predicted molar refractivity (Wildman–Crippen MR) is 96.5 cm³/mol. The molecule has 0 saturated carbocycles. The third-order valence-electron chi connectivity index (χ3n) is 4.50. The van der Waals surface area contributed by atoms with Crippen molar-refractivity contribution in [2.45, 2.75) is 18.9 Å². The number of fused-ring (bicyclic) bond motifs is 1. The zero-order valence-corrected chi connectivity index (χ0v) is 16.0. The minimum atomic E-state index is -1.42. The third-order valence-corrected chi connectivity index (χ3v) is 4.86. The molecule has 2 aliphatic rings. The average molecular weight is 387 g/mol. The van der Waals surface area contributed by atoms with Gasteiger partial charge in [0.25, 0.3) is 0 Å². The SMILES string of the molecule is COC1=CC(=O)C[C@@H](C)[C@]12Oc1c(Cl)c(OC)cc(OC)c1C2=O.S. The average Bonchev–Trinajstić information content (AvgIpc) is 2.87. The van der Waals surface area contributed by atoms with Crippen molar-refractivity contribution in [2.75, 3.05) is 21.3 Å². The summed E-state index contributed by atoms with van der Waals surface area (Å²) >= 11 is 6.33. The number of ether oxygens (including phenoxy) is 4. The van der Waals surface area contributed by atoms with Crippen LogP contribution in [0.3, 0.4) is 0 Å². The van der Waals surface area contributed by atoms with Gasteiger partial charge in [-0.1, -0.05) is 18.5 Å². The molecule has 2 atom stereocenters. The van der Waals surface area contributed by atoms with Crippen molar-refractivity contribution in [1.29, 1.82) is 0 Å². The Hall–Kier alpha value is -1.86. The molecule has 1 aromatic rings. The number of rotatable bonds is 3. The molecule has 1 heterocycles. The first-order valence-corrected chi connectivity index (χ1v) is 7.75. The van der Waals surface area contributed by atoms with E-state index in [1.54, 1.807) is 6.92 Å². The molecular weight excluding hydrogens is 368 g/mol. The number of methoxy groups -OCH3 is 3. The lowest BCUT2D eigenvalue weighted by molar-refractivity contribution is -0.118. The van der Waals surface area contributed by atoms with E-state index in [1.165, 1.54) is 33.5 Å². The van der Waals surface area contributed by atoms with Crippen molar-refractivity contribution >= 4 is 36.7 Å². The van der Waals surface area contributed by atoms with Gasteiger partial charge < -0.3 is 18.9 Å². The fraction of sp³-hybridized carbons (Fsp3) is 0.412. The third kappa shape index (κ3) is 2.57. The van der Waals surface area contributed by atoms with E-state index in [1.807, 2.05) is 0 Å². The Morgan fingerprint density at radius 3 is 2.36 bits per heavy atom. The van der Waals surface area contributed by atoms with Crippen molar-refractivity contribution in [3.05, 3.63) is 28.5 Å². The lowest BCUT2D eigenvalue weighted by Gasteiger charge is -2.36. The molecule has 1 aliphatic carbocycles. The molecule has 136 valence electrons. The fourth-order valence-electron chi connectivity index (χ4n) is 3.30. The maximum atomic E-state index is 13.3. The quantitative estimate of drug-likeness (QED) is 0.795. The fourth-order valence-corrected chi connectivity index (χ4v) is 3.56. The van der Waals surface area contributed by atoms with Crippen LogP contribution < -0.4 is 14.2 Å². The molecule has 0 amide bonds. The second-order valence-electron chi connectivity index (χ2n) is 5.75. The van der Waals surface area contributed by atoms with Crippen LogP contribution in [0.15, 0.2) is 17.9 Å². The first-order chi connectivity index (χ1) is 11.4. The Bertz CT molecular complexity index is 775. The van der Waals surface area contributed by atoms with Crippen LogP contribution in [0.2, 0.25) is 5.02 Å². The largest absolute Gasteiger partial charge is 0.496 e. The molecule has 0 fully saturated rings. The number of benzene rings is 1. The lowest BCUT2D eigenvalue weighted by Crippen LogP contribution is -2.51. The van der Waals surface area contributed by atoms with Crippen LogP contribution in [-0.2, 0) is 9.53 Å². The number of ketones is 2. The molecule has 25 heavy (non-hydrogen) atoms. The molecular formula is C17H19ClO6S. The van der Waals surface area contributed by atoms with Gasteiger partial charge in [-0.3, -0.25) is 9.59 Å². The summed E-state index contributed by atoms with van der Waals surface area (Å²) in [5.74, 6) is 0.107. The summed E-state index contributed by atoms with van der Waals surface area (Å²) in [6.07, 6.45) is 1.48. The Morgan fingerprint density at radius 2 is 1.80 bits per heavy atom. The highest BCUT2D eigenvalue weighted by Crippen LogP contribution is 2.54. The second-order valence-corrected chi connectivity index (χ2v) is 6.13. The van der Waals surface area contributed by atoms with E-state index in [9.17, 15) is 9.59 Å². The van der Waals surface area contributed by atoms with Crippen molar-refractivity contribution in [3.8, 4) is 17.2 Å². The Morgan fingerprint density at radius 1 is 1.16 bits per heavy atom. The van der Waals surface area contributed by atoms with Gasteiger partial charge in [0.2, 0.25) is 11.4 Å². The lowest BCUT2D eigenvalue weighted by atomic mass is 9.75. The van der Waals surface area contributed by atoms with Gasteiger partial charge in [-0.2, -0.15) is 13.5 Å². The van der Waals surface area contributed by atoms with Crippen molar-refractivity contribution in [1.82, 2.24) is 0 Å². The first-order valence-electron chi connectivity index (χ1n) is 7.38. The van der Waals surface area contributed by atoms with Gasteiger partial charge in [-0.15, -0.1) is 0 Å². The minimum Gasteiger partial charge on any atom is -0.496 e. The number of hydrogen-bond acceptors (Lipinski definition) is 6. The number of allylic oxidation sites excluding steroid dienone is 1. The zero-order chi connectivity index (χ0) is 17.6. The molecule has 0 N–H and O–H groups in total. The number of halogens is 1. The Balaban J connectivity index is 0.00000225. The normalized spacial score (nSPS) is 24.2. The standard InChI is InChI=1S/C17H17ClO6.H2S/c1-8-5-9(19)6-12(23-4)17(8)16(20)13-10(21-2)7-11(22-3)14(18)15(13)24-17;/h6-8H,5H2,1-4H3;1H2/t8-,17+;/m1./s1. The summed E-state index contributed by atoms with van der Waals surface area (Å²) in [6.45, 7) is 1.77. The van der Waals surface area contributed by atoms with Gasteiger partial charge in [0.1, 0.15) is 22.1 Å². The summed E-state index contributed by atoms with van der Waals surface area (Å²) in [4.78, 5) is 25.1. The van der Waals surface area contributed by atoms with Crippen molar-refractivity contribution in [2.24, 2.45) is 5.92 Å². The summed E-state index contributed by atoms with van der Waals surface area (Å²) in [6, 6.07) is 1.54. The molecule has 8 heteroatoms. The molecule has 1 aromatic carbocycles. The van der Waals surface area contributed by atoms with E-state index < -0.39 is 11.5 Å². The van der Waals surface area contributed by atoms with Gasteiger partial charge in [0.15, 0.2) is 17.3 Å². The topological polar surface area (TPSA) is 71.1 Å². The van der Waals surface area contributed by atoms with Crippen LogP contribution in [-0.4, -0.2) is 38.5 Å². The molecule has 3 rings (SSSR count). The zero-order valence-electron chi connectivity index (χ0n) is 14.3. The summed E-state index contributed by atoms with van der Waals surface area (Å²) in [7, 11) is 4.31. The van der Waals surface area contributed by atoms with E-state index >= 15 is 0 Å². The van der Waals surface area contributed by atoms with Crippen LogP contribution in [0, 0.1) is 5.92 Å². The molecule has 1 aliphatic heterocycles. The first kappa shape index (κ1) is 19.5. The highest BCUT2D eigenvalue weighted by atomic mass is 35.5. The Labute approximate surface area is 157 Å². The molecule has 6 nitrogen and oxygen atoms in total. The molecule has 0 radical (unpaired) electrons. The summed E-state index contributed by atoms with van der Waals surface area (Å²) < 4.78 is 21.9. The number of carbonyl (C=O) groups excluding carboxylic acids is 2. The van der Waals surface area contributed by atoms with E-state index in [0.717, 1.165) is 0 Å². The Kier molecular flexibility index (Phi) is 5.30. The number of carbonyl (C=O) groups is 2. The van der Waals surface area contributed by atoms with Gasteiger partial charge in [0, 0.05) is 24.5 Å². The summed E-state index contributed by atoms with van der Waals surface area (Å²) in [5.41, 5.74) is -1.19. The van der Waals surface area contributed by atoms with Gasteiger partial charge in [0.05, 0.1) is 21.3 Å². The van der Waals surface area contributed by atoms with E-state index in [-0.39, 0.29) is 53.6 Å². The molecule has 0 unspecified atom stereocenters. The summed E-state index contributed by atoms with van der Waals surface area (Å²) in [5, 5.41) is 0.179. The van der Waals surface area contributed by atoms with Crippen LogP contribution >= 0.6 is 25.1 Å². The van der Waals surface area contributed by atoms with Gasteiger partial charge in [-0.25, -0.2) is 0 Å². The highest BCUT2D eigenvalue weighted by molar-refractivity contribution is 7.59. The molecule has 0 bridgehead atoms. The van der Waals surface area contributed by atoms with Crippen molar-refractivity contribution in [3.63, 3.8) is 0 Å². The second kappa shape index (κ2) is 6.80. The maximum absolute atomic E-state index is 13.3. The minimum absolute atomic E-state index is 0. The van der Waals surface area contributed by atoms with Crippen LogP contribution in [0.5, 0.6) is 17.2 Å². The highest BCUT2D eigenvalue weighted by Gasteiger charge is 2.59. The number of Topliss-reactive ketones (excluding diaryl/α,β-unsaturated/α-hetero) is 1. The van der Waals surface area contributed by atoms with Crippen LogP contribution in [0.4, 0.5) is 0 Å². The van der Waals surface area contributed by atoms with E-state index in [0.29, 0.717) is 11.5 Å². The van der Waals surface area contributed by atoms with Crippen molar-refractivity contribution < 1.29 is 28.5 Å². The number of hydrogen-bond donors (Lipinski definition) is 0. The van der Waals surface area contributed by atoms with Gasteiger partial charge in [-0.05, 0) is 0 Å². The maximum Gasteiger partial charge on any atom is 0.231 e. The predicted octanol–water partition coefficient (Wildman–Crippen LogP) is 2.92. The monoisotopic (exact) mass is 386 g/mol.